The van der Waals surface area contributed by atoms with Crippen molar-refractivity contribution in [2.75, 3.05) is 13.0 Å². The third-order valence-electron chi connectivity index (χ3n) is 3.68. The van der Waals surface area contributed by atoms with Gasteiger partial charge in [0.1, 0.15) is 5.75 Å². The smallest absolute Gasteiger partial charge is 0.233 e. The highest BCUT2D eigenvalue weighted by molar-refractivity contribution is 8.00. The molecule has 0 bridgehead atoms. The van der Waals surface area contributed by atoms with Crippen LogP contribution in [0.2, 0.25) is 0 Å². The fourth-order valence-corrected chi connectivity index (χ4v) is 3.01. The first kappa shape index (κ1) is 17.9. The molecule has 0 spiro atoms. The average Bonchev–Trinajstić information content (AvgIpc) is 3.30. The summed E-state index contributed by atoms with van der Waals surface area (Å²) in [6.07, 6.45) is 1.53. The third-order valence-corrected chi connectivity index (χ3v) is 4.74. The van der Waals surface area contributed by atoms with Gasteiger partial charge in [-0.05, 0) is 36.8 Å². The third kappa shape index (κ3) is 3.99. The Bertz CT molecular complexity index is 861. The van der Waals surface area contributed by atoms with Gasteiger partial charge < -0.3 is 20.3 Å². The van der Waals surface area contributed by atoms with Gasteiger partial charge in [0.25, 0.3) is 0 Å². The van der Waals surface area contributed by atoms with Gasteiger partial charge in [-0.3, -0.25) is 4.79 Å². The molecule has 0 saturated carbocycles. The van der Waals surface area contributed by atoms with Gasteiger partial charge in [0.05, 0.1) is 18.6 Å². The zero-order valence-corrected chi connectivity index (χ0v) is 15.2. The number of nitrogens with zero attached hydrogens (tertiary/aromatic N) is 3. The van der Waals surface area contributed by atoms with Crippen LogP contribution in [0.1, 0.15) is 12.5 Å². The number of carbonyl (C=O) groups is 1. The molecule has 1 unspecified atom stereocenters. The maximum Gasteiger partial charge on any atom is 0.233 e. The molecule has 3 N–H and O–H groups in total. The van der Waals surface area contributed by atoms with E-state index in [9.17, 15) is 4.79 Å². The van der Waals surface area contributed by atoms with Crippen molar-refractivity contribution in [1.29, 1.82) is 0 Å². The molecule has 0 saturated heterocycles. The molecule has 136 valence electrons. The number of aromatic nitrogens is 3. The highest BCUT2D eigenvalue weighted by Gasteiger charge is 2.20. The predicted molar refractivity (Wildman–Crippen MR) is 98.0 cm³/mol. The normalized spacial score (nSPS) is 11.9. The van der Waals surface area contributed by atoms with Gasteiger partial charge in [0, 0.05) is 6.54 Å². The van der Waals surface area contributed by atoms with E-state index in [2.05, 4.69) is 15.5 Å². The molecule has 0 aliphatic heterocycles. The number of furan rings is 1. The second-order valence-electron chi connectivity index (χ2n) is 5.48. The minimum absolute atomic E-state index is 0.117. The van der Waals surface area contributed by atoms with Gasteiger partial charge in [0.15, 0.2) is 5.76 Å². The van der Waals surface area contributed by atoms with Crippen LogP contribution in [-0.4, -0.2) is 33.1 Å². The Morgan fingerprint density at radius 3 is 2.77 bits per heavy atom. The Morgan fingerprint density at radius 1 is 1.35 bits per heavy atom. The van der Waals surface area contributed by atoms with Gasteiger partial charge in [0.2, 0.25) is 16.9 Å². The first-order valence-corrected chi connectivity index (χ1v) is 8.78. The number of nitrogens with two attached hydrogens (primary N) is 1. The summed E-state index contributed by atoms with van der Waals surface area (Å²) in [6.45, 7) is 2.22. The van der Waals surface area contributed by atoms with Crippen molar-refractivity contribution in [1.82, 2.24) is 20.2 Å². The first-order chi connectivity index (χ1) is 12.6. The molecule has 8 nitrogen and oxygen atoms in total. The highest BCUT2D eigenvalue weighted by atomic mass is 32.2. The second-order valence-corrected chi connectivity index (χ2v) is 6.79. The summed E-state index contributed by atoms with van der Waals surface area (Å²) in [5.41, 5.74) is 0.985. The fraction of sp³-hybridized carbons (Fsp3) is 0.235. The number of amides is 1. The number of ether oxygens (including phenoxy) is 1. The maximum absolute atomic E-state index is 12.3. The summed E-state index contributed by atoms with van der Waals surface area (Å²) in [6, 6.07) is 11.0. The van der Waals surface area contributed by atoms with Crippen molar-refractivity contribution in [3.8, 4) is 17.3 Å². The molecule has 1 aromatic carbocycles. The number of hydrogen-bond donors (Lipinski definition) is 2. The van der Waals surface area contributed by atoms with Crippen molar-refractivity contribution in [2.45, 2.75) is 23.9 Å². The van der Waals surface area contributed by atoms with E-state index in [1.807, 2.05) is 24.3 Å². The molecule has 1 amide bonds. The lowest BCUT2D eigenvalue weighted by Crippen LogP contribution is -2.30. The molecule has 1 atom stereocenters. The lowest BCUT2D eigenvalue weighted by Gasteiger charge is -2.11. The minimum atomic E-state index is -0.385. The van der Waals surface area contributed by atoms with Crippen LogP contribution in [0.4, 0.5) is 0 Å². The van der Waals surface area contributed by atoms with E-state index in [1.54, 1.807) is 26.2 Å². The summed E-state index contributed by atoms with van der Waals surface area (Å²) in [5.74, 6) is 7.58. The quantitative estimate of drug-likeness (QED) is 0.482. The van der Waals surface area contributed by atoms with E-state index < -0.39 is 0 Å². The largest absolute Gasteiger partial charge is 0.497 e. The maximum atomic E-state index is 12.3. The van der Waals surface area contributed by atoms with Gasteiger partial charge >= 0.3 is 0 Å². The van der Waals surface area contributed by atoms with E-state index in [1.165, 1.54) is 22.7 Å². The SMILES string of the molecule is COc1ccc(CNC(=O)C(C)Sc2nnc(-c3ccco3)n2N)cc1. The molecule has 3 rings (SSSR count). The van der Waals surface area contributed by atoms with Crippen molar-refractivity contribution in [3.63, 3.8) is 0 Å². The standard InChI is InChI=1S/C17H19N5O3S/c1-11(16(23)19-10-12-5-7-13(24-2)8-6-12)26-17-21-20-15(22(17)18)14-4-3-9-25-14/h3-9,11H,10,18H2,1-2H3,(H,19,23). The lowest BCUT2D eigenvalue weighted by molar-refractivity contribution is -0.120. The molecule has 0 radical (unpaired) electrons. The Balaban J connectivity index is 1.57. The Kier molecular flexibility index (Phi) is 5.47. The molecular formula is C17H19N5O3S. The zero-order valence-electron chi connectivity index (χ0n) is 14.4. The second kappa shape index (κ2) is 7.96. The number of nitrogens with one attached hydrogen (secondary N) is 1. The van der Waals surface area contributed by atoms with E-state index in [-0.39, 0.29) is 11.2 Å². The number of rotatable bonds is 7. The molecule has 26 heavy (non-hydrogen) atoms. The molecule has 2 aromatic heterocycles. The van der Waals surface area contributed by atoms with Crippen molar-refractivity contribution < 1.29 is 13.9 Å². The summed E-state index contributed by atoms with van der Waals surface area (Å²) in [4.78, 5) is 12.3. The Morgan fingerprint density at radius 2 is 2.12 bits per heavy atom. The van der Waals surface area contributed by atoms with Crippen molar-refractivity contribution in [3.05, 3.63) is 48.2 Å². The Hall–Kier alpha value is -2.94. The summed E-state index contributed by atoms with van der Waals surface area (Å²) >= 11 is 1.23. The Labute approximate surface area is 154 Å². The van der Waals surface area contributed by atoms with Crippen LogP contribution in [-0.2, 0) is 11.3 Å². The summed E-state index contributed by atoms with van der Waals surface area (Å²) < 4.78 is 11.7. The number of carbonyl (C=O) groups excluding carboxylic acids is 1. The fourth-order valence-electron chi connectivity index (χ4n) is 2.22. The van der Waals surface area contributed by atoms with Crippen LogP contribution in [0.25, 0.3) is 11.6 Å². The molecule has 0 aliphatic rings. The van der Waals surface area contributed by atoms with Gasteiger partial charge in [-0.1, -0.05) is 23.9 Å². The molecule has 9 heteroatoms. The van der Waals surface area contributed by atoms with Gasteiger partial charge in [-0.25, -0.2) is 4.68 Å². The van der Waals surface area contributed by atoms with Crippen molar-refractivity contribution >= 4 is 17.7 Å². The monoisotopic (exact) mass is 373 g/mol. The number of nitrogen functional groups attached to an aromatic ring is 1. The zero-order chi connectivity index (χ0) is 18.5. The molecule has 3 aromatic rings. The van der Waals surface area contributed by atoms with Crippen molar-refractivity contribution in [2.24, 2.45) is 0 Å². The van der Waals surface area contributed by atoms with Crippen LogP contribution in [0.15, 0.2) is 52.2 Å². The lowest BCUT2D eigenvalue weighted by atomic mass is 10.2. The molecule has 0 aliphatic carbocycles. The van der Waals surface area contributed by atoms with E-state index in [0.717, 1.165) is 11.3 Å². The van der Waals surface area contributed by atoms with Crippen LogP contribution in [0.3, 0.4) is 0 Å². The van der Waals surface area contributed by atoms with Crippen LogP contribution >= 0.6 is 11.8 Å². The minimum Gasteiger partial charge on any atom is -0.497 e. The topological polar surface area (TPSA) is 108 Å². The van der Waals surface area contributed by atoms with E-state index >= 15 is 0 Å². The van der Waals surface area contributed by atoms with Crippen LogP contribution in [0, 0.1) is 0 Å². The first-order valence-electron chi connectivity index (χ1n) is 7.90. The molecule has 2 heterocycles. The number of benzene rings is 1. The summed E-state index contributed by atoms with van der Waals surface area (Å²) in [7, 11) is 1.61. The van der Waals surface area contributed by atoms with Gasteiger partial charge in [-0.15, -0.1) is 10.2 Å². The molecule has 0 fully saturated rings. The highest BCUT2D eigenvalue weighted by Crippen LogP contribution is 2.25. The average molecular weight is 373 g/mol. The van der Waals surface area contributed by atoms with Gasteiger partial charge in [-0.2, -0.15) is 0 Å². The number of methoxy groups -OCH3 is 1. The summed E-state index contributed by atoms with van der Waals surface area (Å²) in [5, 5.41) is 11.0. The van der Waals surface area contributed by atoms with Crippen LogP contribution in [0.5, 0.6) is 5.75 Å². The number of hydrogen-bond acceptors (Lipinski definition) is 7. The predicted octanol–water partition coefficient (Wildman–Crippen LogP) is 2.06. The van der Waals surface area contributed by atoms with E-state index in [4.69, 9.17) is 15.0 Å². The van der Waals surface area contributed by atoms with Crippen LogP contribution < -0.4 is 15.9 Å². The van der Waals surface area contributed by atoms with E-state index in [0.29, 0.717) is 23.3 Å². The number of thioether (sulfide) groups is 1. The molecular weight excluding hydrogens is 354 g/mol.